The molecular formula is C21H18N4O2. The minimum atomic E-state index is -0.222. The molecule has 0 unspecified atom stereocenters. The van der Waals surface area contributed by atoms with Gasteiger partial charge in [-0.2, -0.15) is 0 Å². The molecule has 0 saturated carbocycles. The monoisotopic (exact) mass is 358 g/mol. The number of carbonyl (C=O) groups excluding carboxylic acids is 1. The van der Waals surface area contributed by atoms with Crippen LogP contribution in [0.1, 0.15) is 15.9 Å². The van der Waals surface area contributed by atoms with Gasteiger partial charge in [-0.3, -0.25) is 9.20 Å². The molecule has 0 saturated heterocycles. The van der Waals surface area contributed by atoms with Crippen molar-refractivity contribution in [1.29, 1.82) is 0 Å². The number of nitrogens with zero attached hydrogens (tertiary/aromatic N) is 3. The van der Waals surface area contributed by atoms with Gasteiger partial charge in [-0.25, -0.2) is 0 Å². The second kappa shape index (κ2) is 6.92. The van der Waals surface area contributed by atoms with E-state index in [2.05, 4.69) is 15.5 Å². The third-order valence-electron chi connectivity index (χ3n) is 4.30. The first-order valence-electron chi connectivity index (χ1n) is 8.52. The number of rotatable bonds is 4. The molecule has 6 nitrogen and oxygen atoms in total. The summed E-state index contributed by atoms with van der Waals surface area (Å²) in [4.78, 5) is 12.8. The number of benzene rings is 2. The van der Waals surface area contributed by atoms with Crippen molar-refractivity contribution < 1.29 is 9.53 Å². The lowest BCUT2D eigenvalue weighted by molar-refractivity contribution is 0.102. The molecule has 4 aromatic rings. The van der Waals surface area contributed by atoms with Crippen LogP contribution >= 0.6 is 0 Å². The van der Waals surface area contributed by atoms with Crippen molar-refractivity contribution in [2.75, 3.05) is 12.4 Å². The van der Waals surface area contributed by atoms with Crippen molar-refractivity contribution in [2.45, 2.75) is 6.92 Å². The van der Waals surface area contributed by atoms with Crippen LogP contribution in [0.5, 0.6) is 5.75 Å². The summed E-state index contributed by atoms with van der Waals surface area (Å²) in [7, 11) is 1.63. The Balaban J connectivity index is 1.70. The van der Waals surface area contributed by atoms with E-state index in [9.17, 15) is 4.79 Å². The van der Waals surface area contributed by atoms with E-state index in [1.165, 1.54) is 0 Å². The zero-order chi connectivity index (χ0) is 18.8. The summed E-state index contributed by atoms with van der Waals surface area (Å²) in [6.07, 6.45) is 1.85. The molecule has 1 N–H and O–H groups in total. The standard InChI is InChI=1S/C21H18N4O2/c1-14-5-3-6-16(13-14)22-21(26)18-7-4-12-25-19(23-24-20(18)25)15-8-10-17(27-2)11-9-15/h3-13H,1-2H3,(H,22,26). The van der Waals surface area contributed by atoms with Gasteiger partial charge in [0.05, 0.1) is 12.7 Å². The Labute approximate surface area is 156 Å². The molecule has 2 aromatic heterocycles. The Morgan fingerprint density at radius 3 is 2.59 bits per heavy atom. The number of aromatic nitrogens is 3. The van der Waals surface area contributed by atoms with E-state index in [-0.39, 0.29) is 5.91 Å². The minimum Gasteiger partial charge on any atom is -0.497 e. The molecule has 0 bridgehead atoms. The molecule has 27 heavy (non-hydrogen) atoms. The molecule has 0 atom stereocenters. The fraction of sp³-hybridized carbons (Fsp3) is 0.0952. The van der Waals surface area contributed by atoms with E-state index in [4.69, 9.17) is 4.74 Å². The molecule has 0 aliphatic heterocycles. The van der Waals surface area contributed by atoms with Crippen LogP contribution in [-0.2, 0) is 0 Å². The van der Waals surface area contributed by atoms with Crippen molar-refractivity contribution in [3.63, 3.8) is 0 Å². The van der Waals surface area contributed by atoms with Crippen LogP contribution in [0.15, 0.2) is 66.9 Å². The van der Waals surface area contributed by atoms with Crippen LogP contribution in [0, 0.1) is 6.92 Å². The third-order valence-corrected chi connectivity index (χ3v) is 4.30. The Kier molecular flexibility index (Phi) is 4.30. The molecular weight excluding hydrogens is 340 g/mol. The zero-order valence-corrected chi connectivity index (χ0v) is 15.0. The van der Waals surface area contributed by atoms with Gasteiger partial charge >= 0.3 is 0 Å². The van der Waals surface area contributed by atoms with Gasteiger partial charge in [-0.05, 0) is 61.0 Å². The summed E-state index contributed by atoms with van der Waals surface area (Å²) in [6.45, 7) is 1.98. The van der Waals surface area contributed by atoms with Crippen LogP contribution in [0.2, 0.25) is 0 Å². The van der Waals surface area contributed by atoms with Crippen molar-refractivity contribution in [2.24, 2.45) is 0 Å². The lowest BCUT2D eigenvalue weighted by atomic mass is 10.2. The van der Waals surface area contributed by atoms with Crippen LogP contribution in [0.4, 0.5) is 5.69 Å². The molecule has 4 rings (SSSR count). The highest BCUT2D eigenvalue weighted by Crippen LogP contribution is 2.23. The van der Waals surface area contributed by atoms with Crippen LogP contribution in [0.25, 0.3) is 17.0 Å². The molecule has 134 valence electrons. The number of hydrogen-bond acceptors (Lipinski definition) is 4. The number of pyridine rings is 1. The Hall–Kier alpha value is -3.67. The van der Waals surface area contributed by atoms with Crippen molar-refractivity contribution >= 4 is 17.2 Å². The Morgan fingerprint density at radius 1 is 1.04 bits per heavy atom. The van der Waals surface area contributed by atoms with Gasteiger partial charge in [0.15, 0.2) is 11.5 Å². The van der Waals surface area contributed by atoms with E-state index < -0.39 is 0 Å². The van der Waals surface area contributed by atoms with Crippen molar-refractivity contribution in [3.05, 3.63) is 78.0 Å². The average molecular weight is 358 g/mol. The predicted molar refractivity (Wildman–Crippen MR) is 104 cm³/mol. The van der Waals surface area contributed by atoms with Gasteiger partial charge in [0.2, 0.25) is 0 Å². The number of methoxy groups -OCH3 is 1. The van der Waals surface area contributed by atoms with Crippen LogP contribution in [-0.4, -0.2) is 27.6 Å². The molecule has 1 amide bonds. The fourth-order valence-corrected chi connectivity index (χ4v) is 2.95. The normalized spacial score (nSPS) is 10.7. The predicted octanol–water partition coefficient (Wildman–Crippen LogP) is 3.97. The van der Waals surface area contributed by atoms with Crippen molar-refractivity contribution in [1.82, 2.24) is 14.6 Å². The highest BCUT2D eigenvalue weighted by Gasteiger charge is 2.16. The first-order valence-corrected chi connectivity index (χ1v) is 8.52. The number of aryl methyl sites for hydroxylation is 1. The summed E-state index contributed by atoms with van der Waals surface area (Å²) in [5.41, 5.74) is 3.69. The number of anilines is 1. The first-order chi connectivity index (χ1) is 13.2. The van der Waals surface area contributed by atoms with Crippen LogP contribution < -0.4 is 10.1 Å². The molecule has 0 spiro atoms. The van der Waals surface area contributed by atoms with Crippen LogP contribution in [0.3, 0.4) is 0 Å². The maximum atomic E-state index is 12.8. The van der Waals surface area contributed by atoms with E-state index in [0.717, 1.165) is 22.6 Å². The molecule has 2 heterocycles. The zero-order valence-electron chi connectivity index (χ0n) is 15.0. The summed E-state index contributed by atoms with van der Waals surface area (Å²) < 4.78 is 7.01. The number of fused-ring (bicyclic) bond motifs is 1. The first kappa shape index (κ1) is 16.8. The molecule has 0 aliphatic carbocycles. The summed E-state index contributed by atoms with van der Waals surface area (Å²) in [5.74, 6) is 1.21. The van der Waals surface area contributed by atoms with E-state index >= 15 is 0 Å². The summed E-state index contributed by atoms with van der Waals surface area (Å²) >= 11 is 0. The molecule has 0 radical (unpaired) electrons. The summed E-state index contributed by atoms with van der Waals surface area (Å²) in [6, 6.07) is 18.8. The van der Waals surface area contributed by atoms with Gasteiger partial charge in [0.1, 0.15) is 5.75 Å². The Bertz CT molecular complexity index is 1120. The quantitative estimate of drug-likeness (QED) is 0.599. The lowest BCUT2D eigenvalue weighted by Gasteiger charge is -2.07. The number of nitrogens with one attached hydrogen (secondary N) is 1. The highest BCUT2D eigenvalue weighted by molar-refractivity contribution is 6.08. The van der Waals surface area contributed by atoms with Gasteiger partial charge in [-0.15, -0.1) is 10.2 Å². The van der Waals surface area contributed by atoms with E-state index in [0.29, 0.717) is 17.0 Å². The maximum Gasteiger partial charge on any atom is 0.259 e. The number of hydrogen-bond donors (Lipinski definition) is 1. The molecule has 2 aromatic carbocycles. The lowest BCUT2D eigenvalue weighted by Crippen LogP contribution is -2.13. The van der Waals surface area contributed by atoms with E-state index in [1.54, 1.807) is 13.2 Å². The largest absolute Gasteiger partial charge is 0.497 e. The second-order valence-electron chi connectivity index (χ2n) is 6.19. The van der Waals surface area contributed by atoms with Gasteiger partial charge in [-0.1, -0.05) is 12.1 Å². The molecule has 6 heteroatoms. The topological polar surface area (TPSA) is 68.5 Å². The van der Waals surface area contributed by atoms with Gasteiger partial charge in [0, 0.05) is 17.4 Å². The Morgan fingerprint density at radius 2 is 1.85 bits per heavy atom. The van der Waals surface area contributed by atoms with Gasteiger partial charge < -0.3 is 10.1 Å². The smallest absolute Gasteiger partial charge is 0.259 e. The summed E-state index contributed by atoms with van der Waals surface area (Å²) in [5, 5.41) is 11.4. The fourth-order valence-electron chi connectivity index (χ4n) is 2.95. The highest BCUT2D eigenvalue weighted by atomic mass is 16.5. The number of ether oxygens (including phenoxy) is 1. The maximum absolute atomic E-state index is 12.8. The second-order valence-corrected chi connectivity index (χ2v) is 6.19. The van der Waals surface area contributed by atoms with Crippen molar-refractivity contribution in [3.8, 4) is 17.1 Å². The number of amides is 1. The number of carbonyl (C=O) groups is 1. The molecule has 0 aliphatic rings. The average Bonchev–Trinajstić information content (AvgIpc) is 3.12. The van der Waals surface area contributed by atoms with Gasteiger partial charge in [0.25, 0.3) is 5.91 Å². The van der Waals surface area contributed by atoms with E-state index in [1.807, 2.05) is 72.1 Å². The third kappa shape index (κ3) is 3.25. The molecule has 0 fully saturated rings. The SMILES string of the molecule is COc1ccc(-c2nnc3c(C(=O)Nc4cccc(C)c4)cccn23)cc1. The minimum absolute atomic E-state index is 0.222.